The van der Waals surface area contributed by atoms with Crippen LogP contribution in [0.1, 0.15) is 22.3 Å². The van der Waals surface area contributed by atoms with Crippen LogP contribution in [0.4, 0.5) is 0 Å². The summed E-state index contributed by atoms with van der Waals surface area (Å²) < 4.78 is 5.05. The van der Waals surface area contributed by atoms with E-state index in [1.807, 2.05) is 17.5 Å². The molecule has 0 N–H and O–H groups in total. The van der Waals surface area contributed by atoms with E-state index in [0.29, 0.717) is 0 Å². The van der Waals surface area contributed by atoms with Gasteiger partial charge in [-0.2, -0.15) is 0 Å². The number of hydrogen-bond acceptors (Lipinski definition) is 2. The molecule has 7 aromatic carbocycles. The van der Waals surface area contributed by atoms with Crippen LogP contribution in [-0.4, -0.2) is 9.55 Å². The maximum Gasteiger partial charge on any atom is 0.0964 e. The van der Waals surface area contributed by atoms with Crippen molar-refractivity contribution in [2.75, 3.05) is 0 Å². The van der Waals surface area contributed by atoms with E-state index in [-0.39, 0.29) is 0 Å². The van der Waals surface area contributed by atoms with E-state index in [1.54, 1.807) is 0 Å². The van der Waals surface area contributed by atoms with Crippen molar-refractivity contribution < 1.29 is 0 Å². The lowest BCUT2D eigenvalue weighted by molar-refractivity contribution is 0.767. The highest BCUT2D eigenvalue weighted by Gasteiger charge is 2.46. The summed E-state index contributed by atoms with van der Waals surface area (Å²) >= 11 is 1.86. The molecular formula is C48H30N2S. The molecule has 0 saturated carbocycles. The fourth-order valence-electron chi connectivity index (χ4n) is 8.73. The number of hydrogen-bond donors (Lipinski definition) is 0. The van der Waals surface area contributed by atoms with Crippen molar-refractivity contribution in [1.82, 2.24) is 9.55 Å². The summed E-state index contributed by atoms with van der Waals surface area (Å²) in [6.07, 6.45) is 2.03. The van der Waals surface area contributed by atoms with Crippen molar-refractivity contribution in [2.24, 2.45) is 0 Å². The molecule has 1 aliphatic rings. The number of fused-ring (bicyclic) bond motifs is 9. The Bertz CT molecular complexity index is 2920. The summed E-state index contributed by atoms with van der Waals surface area (Å²) in [5.74, 6) is 0. The molecule has 51 heavy (non-hydrogen) atoms. The van der Waals surface area contributed by atoms with Gasteiger partial charge in [0.05, 0.1) is 22.0 Å². The molecule has 0 radical (unpaired) electrons. The van der Waals surface area contributed by atoms with Crippen molar-refractivity contribution in [3.63, 3.8) is 0 Å². The van der Waals surface area contributed by atoms with Crippen molar-refractivity contribution in [2.45, 2.75) is 5.41 Å². The number of aromatic nitrogens is 2. The lowest BCUT2D eigenvalue weighted by Gasteiger charge is -2.34. The summed E-state index contributed by atoms with van der Waals surface area (Å²) in [7, 11) is 0. The van der Waals surface area contributed by atoms with Crippen LogP contribution in [0.2, 0.25) is 0 Å². The molecule has 0 saturated heterocycles. The first-order valence-electron chi connectivity index (χ1n) is 17.5. The van der Waals surface area contributed by atoms with Crippen LogP contribution < -0.4 is 0 Å². The number of nitrogens with zero attached hydrogens (tertiary/aromatic N) is 2. The molecule has 0 unspecified atom stereocenters. The molecule has 238 valence electrons. The predicted molar refractivity (Wildman–Crippen MR) is 214 cm³/mol. The number of rotatable bonds is 4. The zero-order valence-corrected chi connectivity index (χ0v) is 28.4. The van der Waals surface area contributed by atoms with Gasteiger partial charge in [0, 0.05) is 43.0 Å². The molecule has 3 aromatic heterocycles. The molecule has 10 aromatic rings. The number of pyridine rings is 1. The summed E-state index contributed by atoms with van der Waals surface area (Å²) in [6.45, 7) is 0. The second kappa shape index (κ2) is 10.9. The van der Waals surface area contributed by atoms with Crippen LogP contribution in [-0.2, 0) is 5.41 Å². The average molecular weight is 667 g/mol. The predicted octanol–water partition coefficient (Wildman–Crippen LogP) is 12.6. The van der Waals surface area contributed by atoms with Gasteiger partial charge in [-0.05, 0) is 75.3 Å². The van der Waals surface area contributed by atoms with Gasteiger partial charge in [0.2, 0.25) is 0 Å². The van der Waals surface area contributed by atoms with E-state index in [9.17, 15) is 0 Å². The monoisotopic (exact) mass is 666 g/mol. The van der Waals surface area contributed by atoms with Gasteiger partial charge in [0.1, 0.15) is 0 Å². The summed E-state index contributed by atoms with van der Waals surface area (Å²) in [5, 5.41) is 3.75. The highest BCUT2D eigenvalue weighted by molar-refractivity contribution is 7.25. The first-order chi connectivity index (χ1) is 25.3. The minimum Gasteiger partial charge on any atom is -0.308 e. The maximum absolute atomic E-state index is 5.21. The second-order valence-electron chi connectivity index (χ2n) is 13.5. The lowest BCUT2D eigenvalue weighted by Crippen LogP contribution is -2.28. The van der Waals surface area contributed by atoms with E-state index in [1.165, 1.54) is 64.5 Å². The normalized spacial score (nSPS) is 13.3. The SMILES string of the molecule is c1ccc(-c2cnc3c4cc5c(cc4n(-c4ccc6c(c4)C(c4ccccc4)(c4ccccc4)c4ccccc4-6)c3c2)sc2ccccc25)cc1. The maximum atomic E-state index is 5.21. The smallest absolute Gasteiger partial charge is 0.0964 e. The van der Waals surface area contributed by atoms with Gasteiger partial charge in [-0.3, -0.25) is 4.98 Å². The highest BCUT2D eigenvalue weighted by atomic mass is 32.1. The number of benzene rings is 7. The fourth-order valence-corrected chi connectivity index (χ4v) is 9.86. The van der Waals surface area contributed by atoms with Gasteiger partial charge in [0.15, 0.2) is 0 Å². The quantitative estimate of drug-likeness (QED) is 0.183. The van der Waals surface area contributed by atoms with Gasteiger partial charge in [0.25, 0.3) is 0 Å². The largest absolute Gasteiger partial charge is 0.308 e. The van der Waals surface area contributed by atoms with Crippen LogP contribution >= 0.6 is 11.3 Å². The molecule has 0 aliphatic heterocycles. The Hall–Kier alpha value is -6.29. The molecule has 11 rings (SSSR count). The Labute approximate surface area is 299 Å². The molecule has 0 atom stereocenters. The third-order valence-electron chi connectivity index (χ3n) is 10.9. The van der Waals surface area contributed by atoms with Crippen LogP contribution in [0.25, 0.3) is 70.0 Å². The van der Waals surface area contributed by atoms with Crippen LogP contribution in [0.15, 0.2) is 182 Å². The van der Waals surface area contributed by atoms with E-state index >= 15 is 0 Å². The Kier molecular flexibility index (Phi) is 6.07. The molecule has 0 amide bonds. The van der Waals surface area contributed by atoms with Crippen molar-refractivity contribution in [3.8, 4) is 27.9 Å². The molecular weight excluding hydrogens is 637 g/mol. The standard InChI is InChI=1S/C48H30N2S/c1-4-14-31(15-5-1)32-26-44-47(49-30-32)40-28-39-38-21-11-13-23-45(38)51-46(39)29-43(40)50(44)35-24-25-37-36-20-10-12-22-41(36)48(42(37)27-35,33-16-6-2-7-17-33)34-18-8-3-9-19-34/h1-30H. The van der Waals surface area contributed by atoms with E-state index < -0.39 is 5.41 Å². The number of thiophene rings is 1. The lowest BCUT2D eigenvalue weighted by atomic mass is 9.67. The van der Waals surface area contributed by atoms with Crippen molar-refractivity contribution >= 4 is 53.4 Å². The molecule has 3 heteroatoms. The van der Waals surface area contributed by atoms with Crippen molar-refractivity contribution in [1.29, 1.82) is 0 Å². The molecule has 1 aliphatic carbocycles. The zero-order valence-electron chi connectivity index (χ0n) is 27.6. The Balaban J connectivity index is 1.26. The van der Waals surface area contributed by atoms with E-state index in [2.05, 4.69) is 180 Å². The van der Waals surface area contributed by atoms with Crippen molar-refractivity contribution in [3.05, 3.63) is 204 Å². The summed E-state index contributed by atoms with van der Waals surface area (Å²) in [5.41, 5.74) is 13.9. The van der Waals surface area contributed by atoms with Gasteiger partial charge < -0.3 is 4.57 Å². The summed E-state index contributed by atoms with van der Waals surface area (Å²) in [4.78, 5) is 5.21. The second-order valence-corrected chi connectivity index (χ2v) is 14.6. The molecule has 3 heterocycles. The van der Waals surface area contributed by atoms with Gasteiger partial charge in [-0.25, -0.2) is 0 Å². The van der Waals surface area contributed by atoms with E-state index in [4.69, 9.17) is 4.98 Å². The zero-order chi connectivity index (χ0) is 33.5. The van der Waals surface area contributed by atoms with Crippen LogP contribution in [0.5, 0.6) is 0 Å². The van der Waals surface area contributed by atoms with Gasteiger partial charge in [-0.1, -0.05) is 140 Å². The third-order valence-corrected chi connectivity index (χ3v) is 12.0. The molecule has 0 spiro atoms. The Morgan fingerprint density at radius 1 is 0.451 bits per heavy atom. The minimum absolute atomic E-state index is 0.477. The van der Waals surface area contributed by atoms with Gasteiger partial charge >= 0.3 is 0 Å². The molecule has 2 nitrogen and oxygen atoms in total. The third kappa shape index (κ3) is 4.01. The summed E-state index contributed by atoms with van der Waals surface area (Å²) in [6, 6.07) is 64.6. The Morgan fingerprint density at radius 3 is 1.90 bits per heavy atom. The Morgan fingerprint density at radius 2 is 1.12 bits per heavy atom. The topological polar surface area (TPSA) is 17.8 Å². The molecule has 0 fully saturated rings. The average Bonchev–Trinajstić information content (AvgIpc) is 3.83. The van der Waals surface area contributed by atoms with Gasteiger partial charge in [-0.15, -0.1) is 11.3 Å². The van der Waals surface area contributed by atoms with E-state index in [0.717, 1.165) is 27.8 Å². The highest BCUT2D eigenvalue weighted by Crippen LogP contribution is 2.56. The minimum atomic E-state index is -0.477. The van der Waals surface area contributed by atoms with Crippen LogP contribution in [0.3, 0.4) is 0 Å². The van der Waals surface area contributed by atoms with Crippen LogP contribution in [0, 0.1) is 0 Å². The fraction of sp³-hybridized carbons (Fsp3) is 0.0208. The molecule has 0 bridgehead atoms. The first-order valence-corrected chi connectivity index (χ1v) is 18.3. The first kappa shape index (κ1) is 28.5.